The van der Waals surface area contributed by atoms with Gasteiger partial charge in [-0.15, -0.1) is 15.3 Å². The molecule has 0 saturated carbocycles. The van der Waals surface area contributed by atoms with Gasteiger partial charge in [0.1, 0.15) is 5.82 Å². The number of nitrogens with one attached hydrogen (secondary N) is 1. The molecule has 3 aromatic rings. The molecule has 0 aliphatic carbocycles. The van der Waals surface area contributed by atoms with Gasteiger partial charge in [-0.05, 0) is 57.0 Å². The summed E-state index contributed by atoms with van der Waals surface area (Å²) < 4.78 is 1.78. The fraction of sp³-hybridized carbons (Fsp3) is 0.421. The zero-order valence-corrected chi connectivity index (χ0v) is 14.8. The van der Waals surface area contributed by atoms with Crippen LogP contribution >= 0.6 is 0 Å². The van der Waals surface area contributed by atoms with Crippen LogP contribution in [-0.2, 0) is 0 Å². The molecule has 1 aliphatic heterocycles. The monoisotopic (exact) mass is 336 g/mol. The molecule has 2 aromatic heterocycles. The first-order valence-corrected chi connectivity index (χ1v) is 8.90. The number of piperidine rings is 1. The average Bonchev–Trinajstić information content (AvgIpc) is 3.01. The minimum Gasteiger partial charge on any atom is -0.368 e. The first kappa shape index (κ1) is 16.0. The highest BCUT2D eigenvalue weighted by molar-refractivity contribution is 5.43. The van der Waals surface area contributed by atoms with Crippen LogP contribution in [0.5, 0.6) is 0 Å². The predicted octanol–water partition coefficient (Wildman–Crippen LogP) is 2.93. The molecule has 3 heterocycles. The van der Waals surface area contributed by atoms with Crippen molar-refractivity contribution in [1.29, 1.82) is 0 Å². The molecule has 0 spiro atoms. The van der Waals surface area contributed by atoms with Gasteiger partial charge in [-0.25, -0.2) is 0 Å². The van der Waals surface area contributed by atoms with Crippen LogP contribution in [0.2, 0.25) is 0 Å². The second-order valence-electron chi connectivity index (χ2n) is 6.86. The lowest BCUT2D eigenvalue weighted by molar-refractivity contribution is 0.128. The van der Waals surface area contributed by atoms with Gasteiger partial charge in [0.05, 0.1) is 0 Å². The van der Waals surface area contributed by atoms with Gasteiger partial charge in [-0.3, -0.25) is 4.90 Å². The van der Waals surface area contributed by atoms with E-state index in [4.69, 9.17) is 0 Å². The van der Waals surface area contributed by atoms with Crippen molar-refractivity contribution >= 4 is 11.5 Å². The molecule has 1 saturated heterocycles. The summed E-state index contributed by atoms with van der Waals surface area (Å²) in [7, 11) is 2.23. The van der Waals surface area contributed by atoms with Crippen molar-refractivity contribution in [3.05, 3.63) is 53.9 Å². The van der Waals surface area contributed by atoms with E-state index in [1.54, 1.807) is 4.52 Å². The smallest absolute Gasteiger partial charge is 0.178 e. The number of aromatic nitrogens is 4. The quantitative estimate of drug-likeness (QED) is 0.794. The first-order valence-electron chi connectivity index (χ1n) is 8.90. The Hall–Kier alpha value is -2.47. The van der Waals surface area contributed by atoms with Crippen LogP contribution in [-0.4, -0.2) is 44.8 Å². The lowest BCUT2D eigenvalue weighted by Crippen LogP contribution is -2.39. The summed E-state index contributed by atoms with van der Waals surface area (Å²) in [6.07, 6.45) is 2.47. The molecule has 1 aliphatic rings. The Labute approximate surface area is 147 Å². The highest BCUT2D eigenvalue weighted by atomic mass is 15.4. The standard InChI is InChI=1S/C19H24N6/c1-14-21-22-18-11-10-17(23-25(14)18)20-13-16-9-6-12-24(2)19(16)15-7-4-3-5-8-15/h3-5,7-8,10-11,16,19H,6,9,12-13H2,1-2H3,(H,20,23)/t16-,19+/m0/s1. The molecule has 6 nitrogen and oxygen atoms in total. The summed E-state index contributed by atoms with van der Waals surface area (Å²) in [6, 6.07) is 15.2. The Morgan fingerprint density at radius 1 is 1.12 bits per heavy atom. The van der Waals surface area contributed by atoms with E-state index in [0.717, 1.165) is 30.4 Å². The number of likely N-dealkylation sites (tertiary alicyclic amines) is 1. The number of hydrogen-bond donors (Lipinski definition) is 1. The van der Waals surface area contributed by atoms with E-state index in [2.05, 4.69) is 62.9 Å². The molecule has 1 fully saturated rings. The van der Waals surface area contributed by atoms with Gasteiger partial charge in [-0.1, -0.05) is 30.3 Å². The molecule has 25 heavy (non-hydrogen) atoms. The van der Waals surface area contributed by atoms with E-state index in [1.165, 1.54) is 18.4 Å². The SMILES string of the molecule is Cc1nnc2ccc(NC[C@@H]3CCCN(C)[C@@H]3c3ccccc3)nn12. The molecule has 0 amide bonds. The normalized spacial score (nSPS) is 21.5. The van der Waals surface area contributed by atoms with E-state index in [9.17, 15) is 0 Å². The van der Waals surface area contributed by atoms with Crippen molar-refractivity contribution in [2.45, 2.75) is 25.8 Å². The Morgan fingerprint density at radius 2 is 1.96 bits per heavy atom. The number of aryl methyl sites for hydroxylation is 1. The number of fused-ring (bicyclic) bond motifs is 1. The largest absolute Gasteiger partial charge is 0.368 e. The maximum absolute atomic E-state index is 4.60. The van der Waals surface area contributed by atoms with Gasteiger partial charge in [0.25, 0.3) is 0 Å². The minimum absolute atomic E-state index is 0.447. The highest BCUT2D eigenvalue weighted by Crippen LogP contribution is 2.34. The topological polar surface area (TPSA) is 58.4 Å². The van der Waals surface area contributed by atoms with Gasteiger partial charge >= 0.3 is 0 Å². The molecule has 1 aromatic carbocycles. The molecule has 1 N–H and O–H groups in total. The van der Waals surface area contributed by atoms with Gasteiger partial charge < -0.3 is 5.32 Å². The molecular formula is C19H24N6. The van der Waals surface area contributed by atoms with Crippen LogP contribution in [0.25, 0.3) is 5.65 Å². The molecule has 0 unspecified atom stereocenters. The average molecular weight is 336 g/mol. The molecule has 2 atom stereocenters. The van der Waals surface area contributed by atoms with Crippen LogP contribution < -0.4 is 5.32 Å². The number of nitrogens with zero attached hydrogens (tertiary/aromatic N) is 5. The zero-order valence-electron chi connectivity index (χ0n) is 14.8. The fourth-order valence-corrected chi connectivity index (χ4v) is 3.88. The van der Waals surface area contributed by atoms with Gasteiger partial charge in [0, 0.05) is 12.6 Å². The number of anilines is 1. The zero-order chi connectivity index (χ0) is 17.2. The van der Waals surface area contributed by atoms with Crippen molar-refractivity contribution in [2.24, 2.45) is 5.92 Å². The minimum atomic E-state index is 0.447. The number of rotatable bonds is 4. The van der Waals surface area contributed by atoms with Crippen LogP contribution in [0.15, 0.2) is 42.5 Å². The molecular weight excluding hydrogens is 312 g/mol. The maximum Gasteiger partial charge on any atom is 0.178 e. The van der Waals surface area contributed by atoms with Crippen molar-refractivity contribution in [3.63, 3.8) is 0 Å². The van der Waals surface area contributed by atoms with E-state index >= 15 is 0 Å². The maximum atomic E-state index is 4.60. The summed E-state index contributed by atoms with van der Waals surface area (Å²) in [4.78, 5) is 2.48. The second kappa shape index (κ2) is 6.80. The Morgan fingerprint density at radius 3 is 2.80 bits per heavy atom. The van der Waals surface area contributed by atoms with Crippen LogP contribution in [0, 0.1) is 12.8 Å². The second-order valence-corrected chi connectivity index (χ2v) is 6.86. The fourth-order valence-electron chi connectivity index (χ4n) is 3.88. The molecule has 0 radical (unpaired) electrons. The van der Waals surface area contributed by atoms with Crippen LogP contribution in [0.3, 0.4) is 0 Å². The third-order valence-electron chi connectivity index (χ3n) is 5.11. The van der Waals surface area contributed by atoms with Gasteiger partial charge in [-0.2, -0.15) is 4.52 Å². The van der Waals surface area contributed by atoms with Gasteiger partial charge in [0.15, 0.2) is 11.5 Å². The van der Waals surface area contributed by atoms with Crippen molar-refractivity contribution in [1.82, 2.24) is 24.7 Å². The summed E-state index contributed by atoms with van der Waals surface area (Å²) in [6.45, 7) is 3.97. The predicted molar refractivity (Wildman–Crippen MR) is 98.5 cm³/mol. The number of hydrogen-bond acceptors (Lipinski definition) is 5. The van der Waals surface area contributed by atoms with Crippen LogP contribution in [0.4, 0.5) is 5.82 Å². The molecule has 130 valence electrons. The Kier molecular flexibility index (Phi) is 4.36. The van der Waals surface area contributed by atoms with Gasteiger partial charge in [0.2, 0.25) is 0 Å². The van der Waals surface area contributed by atoms with E-state index in [0.29, 0.717) is 12.0 Å². The van der Waals surface area contributed by atoms with E-state index < -0.39 is 0 Å². The lowest BCUT2D eigenvalue weighted by atomic mass is 9.85. The third kappa shape index (κ3) is 3.22. The third-order valence-corrected chi connectivity index (χ3v) is 5.11. The van der Waals surface area contributed by atoms with E-state index in [1.807, 2.05) is 19.1 Å². The molecule has 6 heteroatoms. The molecule has 4 rings (SSSR count). The molecule has 0 bridgehead atoms. The summed E-state index contributed by atoms with van der Waals surface area (Å²) >= 11 is 0. The number of benzene rings is 1. The van der Waals surface area contributed by atoms with Crippen LogP contribution in [0.1, 0.15) is 30.3 Å². The van der Waals surface area contributed by atoms with Crippen molar-refractivity contribution in [3.8, 4) is 0 Å². The van der Waals surface area contributed by atoms with E-state index in [-0.39, 0.29) is 0 Å². The Bertz CT molecular complexity index is 844. The summed E-state index contributed by atoms with van der Waals surface area (Å²) in [5, 5.41) is 16.3. The summed E-state index contributed by atoms with van der Waals surface area (Å²) in [5.41, 5.74) is 2.18. The first-order chi connectivity index (χ1) is 12.2. The Balaban J connectivity index is 1.52. The summed E-state index contributed by atoms with van der Waals surface area (Å²) in [5.74, 6) is 2.23. The highest BCUT2D eigenvalue weighted by Gasteiger charge is 2.30. The van der Waals surface area contributed by atoms with Crippen molar-refractivity contribution < 1.29 is 0 Å². The lowest BCUT2D eigenvalue weighted by Gasteiger charge is -2.39. The van der Waals surface area contributed by atoms with Crippen molar-refractivity contribution in [2.75, 3.05) is 25.5 Å².